The Morgan fingerprint density at radius 1 is 1.33 bits per heavy atom. The van der Waals surface area contributed by atoms with E-state index in [-0.39, 0.29) is 22.5 Å². The Bertz CT molecular complexity index is 256. The van der Waals surface area contributed by atoms with E-state index < -0.39 is 18.3 Å². The third kappa shape index (κ3) is 2.43. The summed E-state index contributed by atoms with van der Waals surface area (Å²) < 4.78 is 21.5. The van der Waals surface area contributed by atoms with Crippen LogP contribution in [0, 0.1) is 0 Å². The molecule has 0 saturated heterocycles. The van der Waals surface area contributed by atoms with Crippen molar-refractivity contribution in [1.82, 2.24) is 0 Å². The van der Waals surface area contributed by atoms with Crippen molar-refractivity contribution in [3.8, 4) is 0 Å². The Labute approximate surface area is 85.6 Å². The quantitative estimate of drug-likeness (QED) is 0.394. The van der Waals surface area contributed by atoms with Gasteiger partial charge in [-0.15, -0.1) is 0 Å². The van der Waals surface area contributed by atoms with Crippen molar-refractivity contribution in [2.75, 3.05) is 0 Å². The average molecular weight is 344 g/mol. The first-order chi connectivity index (χ1) is 5.06. The van der Waals surface area contributed by atoms with Crippen molar-refractivity contribution in [3.63, 3.8) is 0 Å². The van der Waals surface area contributed by atoms with E-state index in [0.717, 1.165) is 0 Å². The van der Waals surface area contributed by atoms with Crippen LogP contribution in [0.25, 0.3) is 0 Å². The second-order valence-corrected chi connectivity index (χ2v) is 10.6. The molecule has 0 rings (SSSR count). The van der Waals surface area contributed by atoms with E-state index in [1.54, 1.807) is 0 Å². The standard InChI is InChI=1S/CH4ClO7P2.Sn/c2-9-11(7,8)1(3)10(4,5)6;/h3H,(H,7,8)(H2,4,5,6);/q;+3. The summed E-state index contributed by atoms with van der Waals surface area (Å²) in [6.45, 7) is 0. The zero-order chi connectivity index (χ0) is 10.2. The van der Waals surface area contributed by atoms with Crippen molar-refractivity contribution in [2.24, 2.45) is 0 Å². The van der Waals surface area contributed by atoms with Crippen molar-refractivity contribution >= 4 is 49.6 Å². The van der Waals surface area contributed by atoms with Gasteiger partial charge in [-0.3, -0.25) is 0 Å². The van der Waals surface area contributed by atoms with Crippen molar-refractivity contribution in [3.05, 3.63) is 0 Å². The molecule has 11 heteroatoms. The van der Waals surface area contributed by atoms with Gasteiger partial charge in [-0.1, -0.05) is 0 Å². The van der Waals surface area contributed by atoms with Crippen LogP contribution in [0.3, 0.4) is 0 Å². The van der Waals surface area contributed by atoms with Crippen molar-refractivity contribution in [1.29, 1.82) is 0 Å². The molecule has 0 fully saturated rings. The van der Waals surface area contributed by atoms with Gasteiger partial charge in [0.05, 0.1) is 0 Å². The normalized spacial score (nSPS) is 22.9. The zero-order valence-electron chi connectivity index (χ0n) is 5.29. The van der Waals surface area contributed by atoms with Gasteiger partial charge < -0.3 is 0 Å². The maximum atomic E-state index is 10.7. The van der Waals surface area contributed by atoms with Crippen LogP contribution >= 0.6 is 27.1 Å². The van der Waals surface area contributed by atoms with E-state index in [1.807, 2.05) is 0 Å². The fourth-order valence-electron chi connectivity index (χ4n) is 0.213. The molecule has 0 amide bonds. The van der Waals surface area contributed by atoms with Crippen LogP contribution in [-0.4, -0.2) is 45.4 Å². The number of hydrogen-bond donors (Lipinski definition) is 4. The van der Waals surface area contributed by atoms with Gasteiger partial charge in [0.2, 0.25) is 0 Å². The fraction of sp³-hybridized carbons (Fsp3) is 1.00. The Morgan fingerprint density at radius 3 is 1.75 bits per heavy atom. The summed E-state index contributed by atoms with van der Waals surface area (Å²) in [5.41, 5.74) is 0. The first-order valence-electron chi connectivity index (χ1n) is 2.22. The summed E-state index contributed by atoms with van der Waals surface area (Å²) in [6, 6.07) is 0. The maximum absolute atomic E-state index is 10.7. The molecule has 0 heterocycles. The molecule has 0 spiro atoms. The van der Waals surface area contributed by atoms with Gasteiger partial charge in [0, 0.05) is 0 Å². The Kier molecular flexibility index (Phi) is 4.27. The third-order valence-corrected chi connectivity index (χ3v) is 9.70. The number of rotatable bonds is 3. The van der Waals surface area contributed by atoms with Gasteiger partial charge >= 0.3 is 85.7 Å². The number of aliphatic hydroxyl groups is 1. The Balaban J connectivity index is 5.14. The number of halogens is 1. The molecule has 0 aromatic heterocycles. The van der Waals surface area contributed by atoms with E-state index in [9.17, 15) is 9.13 Å². The molecule has 0 aromatic carbocycles. The van der Waals surface area contributed by atoms with Gasteiger partial charge in [0.15, 0.2) is 0 Å². The van der Waals surface area contributed by atoms with Gasteiger partial charge in [0.1, 0.15) is 0 Å². The molecule has 7 nitrogen and oxygen atoms in total. The predicted octanol–water partition coefficient (Wildman–Crippen LogP) is -0.708. The van der Waals surface area contributed by atoms with Crippen LogP contribution in [0.1, 0.15) is 0 Å². The van der Waals surface area contributed by atoms with Gasteiger partial charge in [-0.05, 0) is 0 Å². The second kappa shape index (κ2) is 3.84. The van der Waals surface area contributed by atoms with E-state index in [1.165, 1.54) is 0 Å². The minimum absolute atomic E-state index is 0.264. The minimum atomic E-state index is -5.13. The number of hydrogen-bond acceptors (Lipinski definition) is 4. The Hall–Kier alpha value is 1.35. The topological polar surface area (TPSA) is 124 Å². The SMILES string of the molecule is O=P(O)(O)[C](O)([Sn+3])P(=O)(O)OCl. The van der Waals surface area contributed by atoms with E-state index in [0.29, 0.717) is 0 Å². The van der Waals surface area contributed by atoms with Gasteiger partial charge in [0.25, 0.3) is 0 Å². The zero-order valence-corrected chi connectivity index (χ0v) is 10.7. The molecule has 4 N–H and O–H groups in total. The molecule has 2 atom stereocenters. The van der Waals surface area contributed by atoms with Crippen LogP contribution in [0.4, 0.5) is 0 Å². The van der Waals surface area contributed by atoms with E-state index in [4.69, 9.17) is 19.8 Å². The summed E-state index contributed by atoms with van der Waals surface area (Å²) in [7, 11) is -10.0. The summed E-state index contributed by atoms with van der Waals surface area (Å²) in [5.74, 6) is 0. The van der Waals surface area contributed by atoms with Gasteiger partial charge in [-0.25, -0.2) is 0 Å². The molecule has 2 unspecified atom stereocenters. The summed E-state index contributed by atoms with van der Waals surface area (Å²) in [6.07, 6.45) is 0. The summed E-state index contributed by atoms with van der Waals surface area (Å²) in [4.78, 5) is 25.5. The van der Waals surface area contributed by atoms with Crippen LogP contribution < -0.4 is 0 Å². The second-order valence-electron chi connectivity index (χ2n) is 1.77. The van der Waals surface area contributed by atoms with Crippen LogP contribution in [0.5, 0.6) is 0 Å². The van der Waals surface area contributed by atoms with Crippen molar-refractivity contribution < 1.29 is 33.0 Å². The fourth-order valence-corrected chi connectivity index (χ4v) is 3.08. The van der Waals surface area contributed by atoms with Gasteiger partial charge in [-0.2, -0.15) is 0 Å². The molecular weight excluding hydrogens is 340 g/mol. The Morgan fingerprint density at radius 2 is 1.67 bits per heavy atom. The van der Waals surface area contributed by atoms with Crippen molar-refractivity contribution in [2.45, 2.75) is 3.10 Å². The molecule has 68 valence electrons. The molecular formula is CH4ClO7P2Sn+3. The molecule has 0 aliphatic rings. The molecule has 0 bridgehead atoms. The molecule has 0 aliphatic carbocycles. The summed E-state index contributed by atoms with van der Waals surface area (Å²) in [5, 5.41) is 8.93. The third-order valence-electron chi connectivity index (χ3n) is 0.894. The average Bonchev–Trinajstić information content (AvgIpc) is 1.85. The molecule has 0 radical (unpaired) electrons. The van der Waals surface area contributed by atoms with Crippen LogP contribution in [0.15, 0.2) is 0 Å². The van der Waals surface area contributed by atoms with Crippen LogP contribution in [-0.2, 0) is 13.2 Å². The molecule has 0 saturated carbocycles. The molecule has 0 aromatic rings. The summed E-state index contributed by atoms with van der Waals surface area (Å²) >= 11 is 4.22. The molecule has 12 heavy (non-hydrogen) atoms. The van der Waals surface area contributed by atoms with E-state index in [2.05, 4.69) is 15.9 Å². The first kappa shape index (κ1) is 13.3. The first-order valence-corrected chi connectivity index (χ1v) is 7.15. The monoisotopic (exact) mass is 345 g/mol. The predicted molar refractivity (Wildman–Crippen MR) is 39.5 cm³/mol. The molecule has 0 aliphatic heterocycles. The van der Waals surface area contributed by atoms with E-state index >= 15 is 0 Å². The van der Waals surface area contributed by atoms with Crippen LogP contribution in [0.2, 0.25) is 0 Å².